The van der Waals surface area contributed by atoms with Crippen molar-refractivity contribution in [2.24, 2.45) is 5.41 Å². The lowest BCUT2D eigenvalue weighted by molar-refractivity contribution is 0.0704. The van der Waals surface area contributed by atoms with E-state index >= 15 is 0 Å². The van der Waals surface area contributed by atoms with E-state index in [-0.39, 0.29) is 17.1 Å². The summed E-state index contributed by atoms with van der Waals surface area (Å²) in [5.41, 5.74) is 1.59. The smallest absolute Gasteiger partial charge is 0.257 e. The van der Waals surface area contributed by atoms with Gasteiger partial charge in [-0.3, -0.25) is 9.78 Å². The van der Waals surface area contributed by atoms with Crippen LogP contribution in [-0.4, -0.2) is 65.1 Å². The number of amides is 1. The minimum atomic E-state index is -0.359. The molecule has 0 unspecified atom stereocenters. The zero-order chi connectivity index (χ0) is 22.0. The van der Waals surface area contributed by atoms with Crippen LogP contribution >= 0.6 is 11.9 Å². The van der Waals surface area contributed by atoms with E-state index in [1.807, 2.05) is 11.8 Å². The van der Waals surface area contributed by atoms with Crippen LogP contribution in [0.25, 0.3) is 10.9 Å². The lowest BCUT2D eigenvalue weighted by Crippen LogP contribution is -2.47. The predicted octanol–water partition coefficient (Wildman–Crippen LogP) is 3.93. The van der Waals surface area contributed by atoms with Crippen molar-refractivity contribution in [1.29, 1.82) is 5.26 Å². The lowest BCUT2D eigenvalue weighted by Gasteiger charge is -2.38. The fraction of sp³-hybridized carbons (Fsp3) is 0.522. The summed E-state index contributed by atoms with van der Waals surface area (Å²) in [5, 5.41) is 10.2. The minimum Gasteiger partial charge on any atom is -0.370 e. The van der Waals surface area contributed by atoms with Gasteiger partial charge in [0, 0.05) is 56.6 Å². The molecular formula is C23H28FN5OS. The van der Waals surface area contributed by atoms with Crippen LogP contribution in [0.5, 0.6) is 0 Å². The molecule has 2 aromatic rings. The number of rotatable bonds is 4. The fourth-order valence-electron chi connectivity index (χ4n) is 4.36. The zero-order valence-electron chi connectivity index (χ0n) is 18.1. The molecule has 164 valence electrons. The Morgan fingerprint density at radius 1 is 1.23 bits per heavy atom. The van der Waals surface area contributed by atoms with E-state index in [0.717, 1.165) is 24.5 Å². The van der Waals surface area contributed by atoms with Gasteiger partial charge in [-0.1, -0.05) is 18.9 Å². The first-order valence-corrected chi connectivity index (χ1v) is 11.8. The van der Waals surface area contributed by atoms with E-state index in [4.69, 9.17) is 0 Å². The molecule has 1 amide bonds. The Morgan fingerprint density at radius 3 is 2.58 bits per heavy atom. The van der Waals surface area contributed by atoms with Crippen LogP contribution in [0, 0.1) is 22.6 Å². The average Bonchev–Trinajstić information content (AvgIpc) is 2.79. The molecule has 0 aliphatic carbocycles. The van der Waals surface area contributed by atoms with Gasteiger partial charge in [0.25, 0.3) is 5.91 Å². The average molecular weight is 442 g/mol. The maximum absolute atomic E-state index is 14.2. The quantitative estimate of drug-likeness (QED) is 0.670. The van der Waals surface area contributed by atoms with Gasteiger partial charge in [-0.25, -0.2) is 8.70 Å². The number of hydrogen-bond donors (Lipinski definition) is 0. The number of pyridine rings is 1. The molecule has 0 N–H and O–H groups in total. The maximum atomic E-state index is 14.2. The third-order valence-corrected chi connectivity index (χ3v) is 7.31. The molecule has 6 nitrogen and oxygen atoms in total. The van der Waals surface area contributed by atoms with Gasteiger partial charge < -0.3 is 9.80 Å². The third kappa shape index (κ3) is 4.48. The highest BCUT2D eigenvalue weighted by molar-refractivity contribution is 7.96. The molecule has 0 atom stereocenters. The molecule has 0 radical (unpaired) electrons. The highest BCUT2D eigenvalue weighted by atomic mass is 32.2. The summed E-state index contributed by atoms with van der Waals surface area (Å²) in [7, 11) is 0. The van der Waals surface area contributed by atoms with Gasteiger partial charge >= 0.3 is 0 Å². The number of nitrogens with zero attached hydrogens (tertiary/aromatic N) is 5. The lowest BCUT2D eigenvalue weighted by atomic mass is 9.81. The summed E-state index contributed by atoms with van der Waals surface area (Å²) in [4.78, 5) is 22.0. The standard InChI is InChI=1S/C23H28FN5OS/c1-3-31-29-12-10-28(11-13-29)22(30)19-15-26-20-5-4-17(24)14-18(20)21(19)27-8-6-23(2,16-25)7-9-27/h4-5,14-15H,3,6-13H2,1-2H3. The monoisotopic (exact) mass is 441 g/mol. The van der Waals surface area contributed by atoms with Crippen LogP contribution in [0.1, 0.15) is 37.0 Å². The summed E-state index contributed by atoms with van der Waals surface area (Å²) < 4.78 is 16.5. The van der Waals surface area contributed by atoms with Crippen molar-refractivity contribution in [3.8, 4) is 6.07 Å². The maximum Gasteiger partial charge on any atom is 0.257 e. The molecule has 2 saturated heterocycles. The van der Waals surface area contributed by atoms with Crippen molar-refractivity contribution in [3.05, 3.63) is 35.8 Å². The van der Waals surface area contributed by atoms with Crippen LogP contribution in [0.2, 0.25) is 0 Å². The first kappa shape index (κ1) is 21.8. The van der Waals surface area contributed by atoms with Crippen LogP contribution < -0.4 is 4.90 Å². The van der Waals surface area contributed by atoms with Gasteiger partial charge in [0.2, 0.25) is 0 Å². The minimum absolute atomic E-state index is 0.0524. The Hall–Kier alpha value is -2.37. The van der Waals surface area contributed by atoms with Crippen LogP contribution in [0.4, 0.5) is 10.1 Å². The number of benzene rings is 1. The molecule has 1 aromatic carbocycles. The Labute approximate surface area is 187 Å². The normalized spacial score (nSPS) is 19.4. The third-order valence-electron chi connectivity index (χ3n) is 6.32. The molecule has 2 aliphatic heterocycles. The van der Waals surface area contributed by atoms with E-state index in [1.54, 1.807) is 24.2 Å². The van der Waals surface area contributed by atoms with Crippen molar-refractivity contribution in [2.45, 2.75) is 26.7 Å². The number of piperidine rings is 1. The second kappa shape index (κ2) is 9.01. The molecule has 31 heavy (non-hydrogen) atoms. The number of halogens is 1. The molecule has 0 bridgehead atoms. The molecule has 0 spiro atoms. The van der Waals surface area contributed by atoms with Gasteiger partial charge in [-0.05, 0) is 38.0 Å². The van der Waals surface area contributed by atoms with Gasteiger partial charge in [-0.2, -0.15) is 5.26 Å². The van der Waals surface area contributed by atoms with Gasteiger partial charge in [0.15, 0.2) is 0 Å². The van der Waals surface area contributed by atoms with E-state index in [1.165, 1.54) is 12.1 Å². The molecule has 0 saturated carbocycles. The summed E-state index contributed by atoms with van der Waals surface area (Å²) in [5.74, 6) is 0.627. The first-order chi connectivity index (χ1) is 14.9. The number of carbonyl (C=O) groups excluding carboxylic acids is 1. The van der Waals surface area contributed by atoms with E-state index in [0.29, 0.717) is 55.5 Å². The van der Waals surface area contributed by atoms with Crippen molar-refractivity contribution in [2.75, 3.05) is 49.9 Å². The van der Waals surface area contributed by atoms with Crippen molar-refractivity contribution in [3.63, 3.8) is 0 Å². The molecule has 4 rings (SSSR count). The second-order valence-corrected chi connectivity index (χ2v) is 9.83. The highest BCUT2D eigenvalue weighted by Gasteiger charge is 2.33. The largest absolute Gasteiger partial charge is 0.370 e. The summed E-state index contributed by atoms with van der Waals surface area (Å²) in [6.45, 7) is 8.41. The topological polar surface area (TPSA) is 63.5 Å². The van der Waals surface area contributed by atoms with E-state index < -0.39 is 0 Å². The van der Waals surface area contributed by atoms with Gasteiger partial charge in [-0.15, -0.1) is 0 Å². The van der Waals surface area contributed by atoms with Crippen LogP contribution in [-0.2, 0) is 0 Å². The van der Waals surface area contributed by atoms with E-state index in [9.17, 15) is 14.4 Å². The molecule has 2 aliphatic rings. The number of carbonyl (C=O) groups is 1. The second-order valence-electron chi connectivity index (χ2n) is 8.48. The fourth-order valence-corrected chi connectivity index (χ4v) is 5.14. The summed E-state index contributed by atoms with van der Waals surface area (Å²) in [6, 6.07) is 6.95. The van der Waals surface area contributed by atoms with Crippen molar-refractivity contribution >= 4 is 34.4 Å². The molecule has 2 fully saturated rings. The number of anilines is 1. The number of aromatic nitrogens is 1. The zero-order valence-corrected chi connectivity index (χ0v) is 18.9. The summed E-state index contributed by atoms with van der Waals surface area (Å²) >= 11 is 1.80. The van der Waals surface area contributed by atoms with Crippen molar-refractivity contribution < 1.29 is 9.18 Å². The number of nitriles is 1. The Bertz CT molecular complexity index is 1010. The number of hydrogen-bond acceptors (Lipinski definition) is 6. The van der Waals surface area contributed by atoms with Gasteiger partial charge in [0.05, 0.1) is 28.3 Å². The molecular weight excluding hydrogens is 413 g/mol. The predicted molar refractivity (Wildman–Crippen MR) is 122 cm³/mol. The van der Waals surface area contributed by atoms with Crippen molar-refractivity contribution in [1.82, 2.24) is 14.2 Å². The summed E-state index contributed by atoms with van der Waals surface area (Å²) in [6.07, 6.45) is 3.07. The Kier molecular flexibility index (Phi) is 6.35. The Balaban J connectivity index is 1.68. The number of piperazine rings is 1. The molecule has 3 heterocycles. The van der Waals surface area contributed by atoms with E-state index in [2.05, 4.69) is 27.2 Å². The number of fused-ring (bicyclic) bond motifs is 1. The van der Waals surface area contributed by atoms with Crippen LogP contribution in [0.3, 0.4) is 0 Å². The Morgan fingerprint density at radius 2 is 1.94 bits per heavy atom. The SMILES string of the molecule is CCSN1CCN(C(=O)c2cnc3ccc(F)cc3c2N2CCC(C)(C#N)CC2)CC1. The van der Waals surface area contributed by atoms with Gasteiger partial charge in [0.1, 0.15) is 5.82 Å². The van der Waals surface area contributed by atoms with Crippen LogP contribution in [0.15, 0.2) is 24.4 Å². The molecule has 8 heteroatoms. The highest BCUT2D eigenvalue weighted by Crippen LogP contribution is 2.37. The first-order valence-electron chi connectivity index (χ1n) is 10.9. The molecule has 1 aromatic heterocycles.